The summed E-state index contributed by atoms with van der Waals surface area (Å²) in [7, 11) is 0. The zero-order chi connectivity index (χ0) is 18.6. The van der Waals surface area contributed by atoms with Gasteiger partial charge in [0.2, 0.25) is 17.7 Å². The topological polar surface area (TPSA) is 69.7 Å². The molecule has 1 unspecified atom stereocenters. The van der Waals surface area contributed by atoms with Crippen molar-refractivity contribution in [3.05, 3.63) is 0 Å². The molecule has 2 aliphatic rings. The molecular formula is C19H33N3O3. The van der Waals surface area contributed by atoms with Gasteiger partial charge in [0.25, 0.3) is 0 Å². The number of hydrogen-bond acceptors (Lipinski definition) is 3. The minimum absolute atomic E-state index is 0.00400. The van der Waals surface area contributed by atoms with Gasteiger partial charge in [-0.25, -0.2) is 0 Å². The number of piperidine rings is 2. The maximum Gasteiger partial charge on any atom is 0.227 e. The predicted molar refractivity (Wildman–Crippen MR) is 96.7 cm³/mol. The van der Waals surface area contributed by atoms with E-state index in [9.17, 15) is 14.4 Å². The number of likely N-dealkylation sites (tertiary alicyclic amines) is 2. The number of carbonyl (C=O) groups is 3. The quantitative estimate of drug-likeness (QED) is 0.840. The van der Waals surface area contributed by atoms with E-state index in [0.29, 0.717) is 19.0 Å². The van der Waals surface area contributed by atoms with Crippen LogP contribution in [0.25, 0.3) is 0 Å². The SMILES string of the molecule is CC(=O)NCC1CCN(C(=O)C2CCCN(C(=O)C(C)(C)C)C2)CC1. The summed E-state index contributed by atoms with van der Waals surface area (Å²) in [6.45, 7) is 10.9. The van der Waals surface area contributed by atoms with Crippen molar-refractivity contribution in [3.8, 4) is 0 Å². The van der Waals surface area contributed by atoms with E-state index in [4.69, 9.17) is 0 Å². The molecule has 142 valence electrons. The molecule has 2 aliphatic heterocycles. The first-order valence-electron chi connectivity index (χ1n) is 9.51. The monoisotopic (exact) mass is 351 g/mol. The molecule has 0 saturated carbocycles. The van der Waals surface area contributed by atoms with E-state index in [-0.39, 0.29) is 23.6 Å². The third kappa shape index (κ3) is 5.44. The molecule has 0 aromatic carbocycles. The summed E-state index contributed by atoms with van der Waals surface area (Å²) in [4.78, 5) is 40.2. The van der Waals surface area contributed by atoms with Crippen LogP contribution in [0.4, 0.5) is 0 Å². The second kappa shape index (κ2) is 8.19. The summed E-state index contributed by atoms with van der Waals surface area (Å²) in [5.74, 6) is 0.734. The second-order valence-electron chi connectivity index (χ2n) is 8.55. The minimum Gasteiger partial charge on any atom is -0.356 e. The number of carbonyl (C=O) groups excluding carboxylic acids is 3. The van der Waals surface area contributed by atoms with Crippen LogP contribution in [-0.2, 0) is 14.4 Å². The molecular weight excluding hydrogens is 318 g/mol. The largest absolute Gasteiger partial charge is 0.356 e. The summed E-state index contributed by atoms with van der Waals surface area (Å²) < 4.78 is 0. The third-order valence-electron chi connectivity index (χ3n) is 5.27. The standard InChI is InChI=1S/C19H33N3O3/c1-14(23)20-12-15-7-10-21(11-8-15)17(24)16-6-5-9-22(13-16)18(25)19(2,3)4/h15-16H,5-13H2,1-4H3,(H,20,23). The Balaban J connectivity index is 1.84. The second-order valence-corrected chi connectivity index (χ2v) is 8.55. The average Bonchev–Trinajstić information content (AvgIpc) is 2.58. The van der Waals surface area contributed by atoms with Crippen LogP contribution in [-0.4, -0.2) is 60.2 Å². The molecule has 0 aromatic rings. The minimum atomic E-state index is -0.396. The Bertz CT molecular complexity index is 505. The third-order valence-corrected chi connectivity index (χ3v) is 5.27. The van der Waals surface area contributed by atoms with Crippen molar-refractivity contribution >= 4 is 17.7 Å². The van der Waals surface area contributed by atoms with Crippen LogP contribution in [0.3, 0.4) is 0 Å². The number of rotatable bonds is 3. The Kier molecular flexibility index (Phi) is 6.47. The number of nitrogens with one attached hydrogen (secondary N) is 1. The molecule has 2 heterocycles. The summed E-state index contributed by atoms with van der Waals surface area (Å²) in [5, 5.41) is 2.87. The van der Waals surface area contributed by atoms with Gasteiger partial charge in [0, 0.05) is 45.1 Å². The molecule has 6 nitrogen and oxygen atoms in total. The lowest BCUT2D eigenvalue weighted by molar-refractivity contribution is -0.146. The predicted octanol–water partition coefficient (Wildman–Crippen LogP) is 1.65. The summed E-state index contributed by atoms with van der Waals surface area (Å²) in [5.41, 5.74) is -0.396. The van der Waals surface area contributed by atoms with Gasteiger partial charge >= 0.3 is 0 Å². The highest BCUT2D eigenvalue weighted by Gasteiger charge is 2.35. The van der Waals surface area contributed by atoms with Gasteiger partial charge in [-0.1, -0.05) is 20.8 Å². The highest BCUT2D eigenvalue weighted by Crippen LogP contribution is 2.26. The van der Waals surface area contributed by atoms with E-state index in [1.165, 1.54) is 6.92 Å². The van der Waals surface area contributed by atoms with Gasteiger partial charge in [-0.2, -0.15) is 0 Å². The van der Waals surface area contributed by atoms with Crippen LogP contribution in [0, 0.1) is 17.3 Å². The van der Waals surface area contributed by atoms with Crippen LogP contribution >= 0.6 is 0 Å². The van der Waals surface area contributed by atoms with Crippen LogP contribution in [0.1, 0.15) is 53.4 Å². The molecule has 1 atom stereocenters. The molecule has 0 aliphatic carbocycles. The average molecular weight is 351 g/mol. The summed E-state index contributed by atoms with van der Waals surface area (Å²) >= 11 is 0. The summed E-state index contributed by atoms with van der Waals surface area (Å²) in [6.07, 6.45) is 3.64. The van der Waals surface area contributed by atoms with Crippen molar-refractivity contribution < 1.29 is 14.4 Å². The Morgan fingerprint density at radius 2 is 1.64 bits per heavy atom. The van der Waals surface area contributed by atoms with Gasteiger partial charge in [-0.3, -0.25) is 14.4 Å². The molecule has 2 rings (SSSR count). The van der Waals surface area contributed by atoms with Gasteiger partial charge < -0.3 is 15.1 Å². The zero-order valence-electron chi connectivity index (χ0n) is 16.1. The first kappa shape index (κ1) is 19.7. The fourth-order valence-electron chi connectivity index (χ4n) is 3.74. The van der Waals surface area contributed by atoms with E-state index >= 15 is 0 Å². The fourth-order valence-corrected chi connectivity index (χ4v) is 3.74. The van der Waals surface area contributed by atoms with Crippen molar-refractivity contribution in [2.75, 3.05) is 32.7 Å². The molecule has 25 heavy (non-hydrogen) atoms. The normalized spacial score (nSPS) is 22.6. The van der Waals surface area contributed by atoms with Crippen molar-refractivity contribution in [3.63, 3.8) is 0 Å². The smallest absolute Gasteiger partial charge is 0.227 e. The van der Waals surface area contributed by atoms with Crippen molar-refractivity contribution in [1.82, 2.24) is 15.1 Å². The van der Waals surface area contributed by atoms with Crippen LogP contribution in [0.2, 0.25) is 0 Å². The first-order chi connectivity index (χ1) is 11.7. The molecule has 6 heteroatoms. The molecule has 0 bridgehead atoms. The van der Waals surface area contributed by atoms with Gasteiger partial charge in [0.15, 0.2) is 0 Å². The van der Waals surface area contributed by atoms with Crippen LogP contribution in [0.5, 0.6) is 0 Å². The molecule has 0 spiro atoms. The lowest BCUT2D eigenvalue weighted by atomic mass is 9.90. The molecule has 0 aromatic heterocycles. The maximum absolute atomic E-state index is 12.9. The van der Waals surface area contributed by atoms with E-state index in [1.807, 2.05) is 30.6 Å². The Labute approximate surface area is 151 Å². The Hall–Kier alpha value is -1.59. The number of amides is 3. The van der Waals surface area contributed by atoms with E-state index in [1.54, 1.807) is 0 Å². The molecule has 3 amide bonds. The van der Waals surface area contributed by atoms with Gasteiger partial charge in [0.05, 0.1) is 5.92 Å². The van der Waals surface area contributed by atoms with Gasteiger partial charge in [-0.05, 0) is 31.6 Å². The first-order valence-corrected chi connectivity index (χ1v) is 9.51. The van der Waals surface area contributed by atoms with Crippen LogP contribution < -0.4 is 5.32 Å². The zero-order valence-corrected chi connectivity index (χ0v) is 16.1. The number of nitrogens with zero attached hydrogens (tertiary/aromatic N) is 2. The van der Waals surface area contributed by atoms with E-state index in [2.05, 4.69) is 5.32 Å². The van der Waals surface area contributed by atoms with Crippen LogP contribution in [0.15, 0.2) is 0 Å². The fraction of sp³-hybridized carbons (Fsp3) is 0.842. The lowest BCUT2D eigenvalue weighted by Crippen LogP contribution is -2.51. The highest BCUT2D eigenvalue weighted by atomic mass is 16.2. The van der Waals surface area contributed by atoms with Gasteiger partial charge in [-0.15, -0.1) is 0 Å². The van der Waals surface area contributed by atoms with Crippen molar-refractivity contribution in [2.24, 2.45) is 17.3 Å². The Morgan fingerprint density at radius 3 is 2.20 bits per heavy atom. The van der Waals surface area contributed by atoms with E-state index < -0.39 is 5.41 Å². The summed E-state index contributed by atoms with van der Waals surface area (Å²) in [6, 6.07) is 0. The lowest BCUT2D eigenvalue weighted by Gasteiger charge is -2.39. The van der Waals surface area contributed by atoms with Gasteiger partial charge in [0.1, 0.15) is 0 Å². The molecule has 0 radical (unpaired) electrons. The molecule has 1 N–H and O–H groups in total. The van der Waals surface area contributed by atoms with E-state index in [0.717, 1.165) is 45.3 Å². The highest BCUT2D eigenvalue weighted by molar-refractivity contribution is 5.84. The van der Waals surface area contributed by atoms with Crippen molar-refractivity contribution in [1.29, 1.82) is 0 Å². The Morgan fingerprint density at radius 1 is 1.00 bits per heavy atom. The maximum atomic E-state index is 12.9. The molecule has 2 saturated heterocycles. The molecule has 2 fully saturated rings. The van der Waals surface area contributed by atoms with Crippen molar-refractivity contribution in [2.45, 2.75) is 53.4 Å². The number of hydrogen-bond donors (Lipinski definition) is 1.